The van der Waals surface area contributed by atoms with E-state index in [0.717, 1.165) is 31.2 Å². The molecule has 3 rings (SSSR count). The average molecular weight is 394 g/mol. The van der Waals surface area contributed by atoms with E-state index in [1.165, 1.54) is 0 Å². The molecule has 8 nitrogen and oxygen atoms in total. The number of nitriles is 2. The van der Waals surface area contributed by atoms with E-state index in [2.05, 4.69) is 22.8 Å². The quantitative estimate of drug-likeness (QED) is 0.698. The van der Waals surface area contributed by atoms with Gasteiger partial charge in [-0.05, 0) is 50.3 Å². The summed E-state index contributed by atoms with van der Waals surface area (Å²) in [7, 11) is 0. The van der Waals surface area contributed by atoms with Gasteiger partial charge in [0.25, 0.3) is 0 Å². The summed E-state index contributed by atoms with van der Waals surface area (Å²) in [6.07, 6.45) is 4.47. The van der Waals surface area contributed by atoms with Gasteiger partial charge in [-0.25, -0.2) is 9.59 Å². The van der Waals surface area contributed by atoms with Crippen molar-refractivity contribution in [2.24, 2.45) is 0 Å². The molecule has 0 bridgehead atoms. The first-order valence-electron chi connectivity index (χ1n) is 10.0. The van der Waals surface area contributed by atoms with Crippen LogP contribution >= 0.6 is 0 Å². The van der Waals surface area contributed by atoms with E-state index in [9.17, 15) is 9.59 Å². The van der Waals surface area contributed by atoms with E-state index in [1.807, 2.05) is 13.0 Å². The molecule has 0 spiro atoms. The Morgan fingerprint density at radius 3 is 1.97 bits per heavy atom. The third-order valence-corrected chi connectivity index (χ3v) is 5.16. The van der Waals surface area contributed by atoms with Crippen molar-refractivity contribution in [2.45, 2.75) is 57.5 Å². The number of urea groups is 2. The lowest BCUT2D eigenvalue weighted by Gasteiger charge is -2.23. The third kappa shape index (κ3) is 5.61. The molecular formula is C21H26N6O2. The van der Waals surface area contributed by atoms with Crippen LogP contribution in [0.15, 0.2) is 18.2 Å². The van der Waals surface area contributed by atoms with Gasteiger partial charge in [0.15, 0.2) is 0 Å². The molecule has 0 aliphatic heterocycles. The topological polar surface area (TPSA) is 112 Å². The second-order valence-electron chi connectivity index (χ2n) is 7.56. The van der Waals surface area contributed by atoms with Crippen LogP contribution in [-0.2, 0) is 0 Å². The molecule has 2 aliphatic rings. The molecule has 4 amide bonds. The highest BCUT2D eigenvalue weighted by Gasteiger charge is 2.33. The molecule has 2 aliphatic carbocycles. The molecule has 0 atom stereocenters. The first-order valence-corrected chi connectivity index (χ1v) is 10.0. The van der Waals surface area contributed by atoms with Crippen LogP contribution in [0.2, 0.25) is 0 Å². The molecule has 0 unspecified atom stereocenters. The largest absolute Gasteiger partial charge is 0.322 e. The van der Waals surface area contributed by atoms with E-state index in [0.29, 0.717) is 37.3 Å². The Morgan fingerprint density at radius 1 is 0.966 bits per heavy atom. The third-order valence-electron chi connectivity index (χ3n) is 5.16. The highest BCUT2D eigenvalue weighted by atomic mass is 16.2. The van der Waals surface area contributed by atoms with Crippen molar-refractivity contribution in [3.05, 3.63) is 23.8 Å². The van der Waals surface area contributed by atoms with Crippen molar-refractivity contribution in [3.63, 3.8) is 0 Å². The smallest absolute Gasteiger partial charge is 0.321 e. The molecule has 29 heavy (non-hydrogen) atoms. The van der Waals surface area contributed by atoms with Crippen molar-refractivity contribution < 1.29 is 9.59 Å². The molecule has 0 aromatic heterocycles. The van der Waals surface area contributed by atoms with E-state index in [1.54, 1.807) is 21.9 Å². The van der Waals surface area contributed by atoms with Gasteiger partial charge in [-0.2, -0.15) is 10.5 Å². The highest BCUT2D eigenvalue weighted by molar-refractivity contribution is 5.94. The summed E-state index contributed by atoms with van der Waals surface area (Å²) < 4.78 is 0. The molecule has 0 saturated heterocycles. The van der Waals surface area contributed by atoms with Gasteiger partial charge in [-0.1, -0.05) is 6.07 Å². The summed E-state index contributed by atoms with van der Waals surface area (Å²) in [4.78, 5) is 28.7. The highest BCUT2D eigenvalue weighted by Crippen LogP contribution is 2.30. The van der Waals surface area contributed by atoms with E-state index >= 15 is 0 Å². The van der Waals surface area contributed by atoms with Gasteiger partial charge >= 0.3 is 12.1 Å². The van der Waals surface area contributed by atoms with Crippen LogP contribution in [0.3, 0.4) is 0 Å². The van der Waals surface area contributed by atoms with E-state index in [4.69, 9.17) is 10.5 Å². The van der Waals surface area contributed by atoms with Crippen molar-refractivity contribution in [1.82, 2.24) is 9.80 Å². The van der Waals surface area contributed by atoms with Gasteiger partial charge < -0.3 is 20.4 Å². The number of aryl methyl sites for hydroxylation is 1. The van der Waals surface area contributed by atoms with Crippen molar-refractivity contribution in [1.29, 1.82) is 10.5 Å². The monoisotopic (exact) mass is 394 g/mol. The van der Waals surface area contributed by atoms with Crippen LogP contribution in [0.1, 0.15) is 44.1 Å². The summed E-state index contributed by atoms with van der Waals surface area (Å²) in [6.45, 7) is 2.72. The Labute approximate surface area is 171 Å². The van der Waals surface area contributed by atoms with Crippen LogP contribution in [0.5, 0.6) is 0 Å². The van der Waals surface area contributed by atoms with Gasteiger partial charge in [-0.15, -0.1) is 0 Å². The maximum atomic E-state index is 12.7. The number of rotatable bonds is 8. The van der Waals surface area contributed by atoms with Crippen LogP contribution in [-0.4, -0.2) is 47.0 Å². The van der Waals surface area contributed by atoms with Crippen molar-refractivity contribution >= 4 is 23.4 Å². The fraction of sp³-hybridized carbons (Fsp3) is 0.524. The van der Waals surface area contributed by atoms with Crippen LogP contribution in [0.25, 0.3) is 0 Å². The van der Waals surface area contributed by atoms with Crippen molar-refractivity contribution in [3.8, 4) is 12.1 Å². The number of hydrogen-bond donors (Lipinski definition) is 2. The predicted molar refractivity (Wildman–Crippen MR) is 109 cm³/mol. The van der Waals surface area contributed by atoms with Gasteiger partial charge in [0.2, 0.25) is 0 Å². The number of carbonyl (C=O) groups is 2. The molecule has 8 heteroatoms. The normalized spacial score (nSPS) is 15.0. The standard InChI is InChI=1S/C21H26N6O2/c1-15-4-5-16(24-20(28)26(12-2-10-22)17-6-7-17)14-19(15)25-21(29)27(13-3-11-23)18-8-9-18/h4-5,14,17-18H,2-3,6-9,12-13H2,1H3,(H,24,28)(H,25,29). The molecular weight excluding hydrogens is 368 g/mol. The summed E-state index contributed by atoms with van der Waals surface area (Å²) in [5.74, 6) is 0. The zero-order valence-corrected chi connectivity index (χ0v) is 16.6. The predicted octanol–water partition coefficient (Wildman–Crippen LogP) is 3.81. The maximum Gasteiger partial charge on any atom is 0.322 e. The van der Waals surface area contributed by atoms with Gasteiger partial charge in [0, 0.05) is 36.5 Å². The lowest BCUT2D eigenvalue weighted by atomic mass is 10.2. The SMILES string of the molecule is Cc1ccc(NC(=O)N(CCC#N)C2CC2)cc1NC(=O)N(CCC#N)C1CC1. The summed E-state index contributed by atoms with van der Waals surface area (Å²) in [6, 6.07) is 9.53. The lowest BCUT2D eigenvalue weighted by molar-refractivity contribution is 0.209. The van der Waals surface area contributed by atoms with E-state index in [-0.39, 0.29) is 24.1 Å². The summed E-state index contributed by atoms with van der Waals surface area (Å²) in [5, 5.41) is 23.4. The molecule has 2 N–H and O–H groups in total. The van der Waals surface area contributed by atoms with Gasteiger partial charge in [-0.3, -0.25) is 0 Å². The number of amides is 4. The van der Waals surface area contributed by atoms with Crippen molar-refractivity contribution in [2.75, 3.05) is 23.7 Å². The second-order valence-corrected chi connectivity index (χ2v) is 7.56. The molecule has 152 valence electrons. The van der Waals surface area contributed by atoms with Crippen LogP contribution in [0.4, 0.5) is 21.0 Å². The molecule has 0 radical (unpaired) electrons. The number of nitrogens with one attached hydrogen (secondary N) is 2. The molecule has 2 fully saturated rings. The number of nitrogens with zero attached hydrogens (tertiary/aromatic N) is 4. The second kappa shape index (κ2) is 9.29. The van der Waals surface area contributed by atoms with E-state index < -0.39 is 0 Å². The number of benzene rings is 1. The Kier molecular flexibility index (Phi) is 6.56. The fourth-order valence-electron chi connectivity index (χ4n) is 3.23. The number of hydrogen-bond acceptors (Lipinski definition) is 4. The molecule has 1 aromatic rings. The summed E-state index contributed by atoms with van der Waals surface area (Å²) in [5.41, 5.74) is 2.11. The first-order chi connectivity index (χ1) is 14.0. The lowest BCUT2D eigenvalue weighted by Crippen LogP contribution is -2.38. The molecule has 2 saturated carbocycles. The van der Waals surface area contributed by atoms with Crippen LogP contribution in [0, 0.1) is 29.6 Å². The van der Waals surface area contributed by atoms with Gasteiger partial charge in [0.1, 0.15) is 0 Å². The molecule has 1 aromatic carbocycles. The Balaban J connectivity index is 1.66. The maximum absolute atomic E-state index is 12.7. The van der Waals surface area contributed by atoms with Gasteiger partial charge in [0.05, 0.1) is 25.0 Å². The fourth-order valence-corrected chi connectivity index (χ4v) is 3.23. The Hall–Kier alpha value is -3.26. The minimum absolute atomic E-state index is 0.207. The zero-order valence-electron chi connectivity index (χ0n) is 16.6. The minimum atomic E-state index is -0.225. The Morgan fingerprint density at radius 2 is 1.48 bits per heavy atom. The average Bonchev–Trinajstić information content (AvgIpc) is 3.59. The number of anilines is 2. The van der Waals surface area contributed by atoms with Crippen LogP contribution < -0.4 is 10.6 Å². The zero-order chi connectivity index (χ0) is 20.8. The molecule has 0 heterocycles. The summed E-state index contributed by atoms with van der Waals surface area (Å²) >= 11 is 0. The first kappa shape index (κ1) is 20.5. The Bertz CT molecular complexity index is 848. The number of carbonyl (C=O) groups excluding carboxylic acids is 2. The minimum Gasteiger partial charge on any atom is -0.321 e.